The molecule has 39 heavy (non-hydrogen) atoms. The van der Waals surface area contributed by atoms with Crippen molar-refractivity contribution in [3.05, 3.63) is 71.4 Å². The predicted molar refractivity (Wildman–Crippen MR) is 153 cm³/mol. The maximum absolute atomic E-state index is 11.0. The standard InChI is InChI=1S/C33H45NO5/c1-5-19(3)28(23-16-11-20(23)4)29(22-14-12-21(6-2)13-15-22)25-17-34(26-10-8-7-9-24(25)26)33-32(38)31(37)30(36)27(18-35)39-33/h7-10,12-15,17,19-20,23,27-33,35-38H,5-6,11,16,18H2,1-4H3. The number of ether oxygens (including phenoxy) is 1. The number of nitrogens with zero attached hydrogens (tertiary/aromatic N) is 1. The van der Waals surface area contributed by atoms with E-state index < -0.39 is 37.3 Å². The molecule has 2 heterocycles. The molecule has 0 amide bonds. The van der Waals surface area contributed by atoms with Gasteiger partial charge in [-0.1, -0.05) is 83.0 Å². The molecule has 6 heteroatoms. The highest BCUT2D eigenvalue weighted by molar-refractivity contribution is 5.85. The fourth-order valence-electron chi connectivity index (χ4n) is 7.11. The molecule has 1 saturated carbocycles. The second kappa shape index (κ2) is 11.7. The van der Waals surface area contributed by atoms with Gasteiger partial charge >= 0.3 is 0 Å². The molecule has 2 fully saturated rings. The van der Waals surface area contributed by atoms with Gasteiger partial charge in [0.05, 0.1) is 12.1 Å². The summed E-state index contributed by atoms with van der Waals surface area (Å²) < 4.78 is 7.93. The number of hydrogen-bond donors (Lipinski definition) is 4. The van der Waals surface area contributed by atoms with E-state index in [2.05, 4.69) is 64.2 Å². The molecule has 2 aromatic carbocycles. The fraction of sp³-hybridized carbons (Fsp3) is 0.576. The Kier molecular flexibility index (Phi) is 8.51. The summed E-state index contributed by atoms with van der Waals surface area (Å²) in [7, 11) is 0. The zero-order valence-corrected chi connectivity index (χ0v) is 23.6. The van der Waals surface area contributed by atoms with Crippen molar-refractivity contribution in [2.75, 3.05) is 6.61 Å². The molecule has 5 rings (SSSR count). The first-order valence-corrected chi connectivity index (χ1v) is 14.8. The minimum absolute atomic E-state index is 0.148. The van der Waals surface area contributed by atoms with Crippen molar-refractivity contribution < 1.29 is 25.2 Å². The van der Waals surface area contributed by atoms with Gasteiger partial charge in [0.2, 0.25) is 0 Å². The van der Waals surface area contributed by atoms with Crippen LogP contribution in [0.1, 0.15) is 75.8 Å². The van der Waals surface area contributed by atoms with Crippen LogP contribution in [0.5, 0.6) is 0 Å². The lowest BCUT2D eigenvalue weighted by molar-refractivity contribution is -0.250. The lowest BCUT2D eigenvalue weighted by atomic mass is 9.58. The normalized spacial score (nSPS) is 31.5. The molecule has 0 radical (unpaired) electrons. The van der Waals surface area contributed by atoms with Crippen molar-refractivity contribution in [2.45, 2.75) is 89.9 Å². The van der Waals surface area contributed by atoms with Crippen molar-refractivity contribution in [1.29, 1.82) is 0 Å². The van der Waals surface area contributed by atoms with Gasteiger partial charge in [0, 0.05) is 17.5 Å². The topological polar surface area (TPSA) is 95.1 Å². The SMILES string of the molecule is CCc1ccc(C(c2cn(C3OC(CO)C(O)C(O)C3O)c3ccccc23)C(C(C)CC)C2CCC2C)cc1. The van der Waals surface area contributed by atoms with Crippen molar-refractivity contribution in [3.63, 3.8) is 0 Å². The maximum Gasteiger partial charge on any atom is 0.163 e. The third kappa shape index (κ3) is 5.07. The van der Waals surface area contributed by atoms with Gasteiger partial charge in [0.25, 0.3) is 0 Å². The first-order chi connectivity index (χ1) is 18.8. The van der Waals surface area contributed by atoms with E-state index in [1.807, 2.05) is 22.8 Å². The van der Waals surface area contributed by atoms with E-state index in [-0.39, 0.29) is 5.92 Å². The van der Waals surface area contributed by atoms with Crippen LogP contribution in [-0.2, 0) is 11.2 Å². The molecule has 1 aliphatic heterocycles. The Morgan fingerprint density at radius 3 is 2.26 bits per heavy atom. The van der Waals surface area contributed by atoms with Crippen LogP contribution >= 0.6 is 0 Å². The number of aliphatic hydroxyl groups is 4. The molecule has 1 aliphatic carbocycles. The Morgan fingerprint density at radius 2 is 1.67 bits per heavy atom. The Labute approximate surface area is 232 Å². The van der Waals surface area contributed by atoms with Crippen LogP contribution in [-0.4, -0.2) is 56.0 Å². The summed E-state index contributed by atoms with van der Waals surface area (Å²) in [6.07, 6.45) is 0.648. The molecule has 2 aliphatic rings. The Bertz CT molecular complexity index is 1240. The van der Waals surface area contributed by atoms with Gasteiger partial charge in [0.1, 0.15) is 24.4 Å². The minimum Gasteiger partial charge on any atom is -0.394 e. The minimum atomic E-state index is -1.42. The quantitative estimate of drug-likeness (QED) is 0.309. The highest BCUT2D eigenvalue weighted by atomic mass is 16.6. The van der Waals surface area contributed by atoms with Crippen molar-refractivity contribution in [3.8, 4) is 0 Å². The molecule has 3 aromatic rings. The van der Waals surface area contributed by atoms with E-state index in [9.17, 15) is 20.4 Å². The third-order valence-corrected chi connectivity index (χ3v) is 9.86. The molecular formula is C33H45NO5. The monoisotopic (exact) mass is 535 g/mol. The van der Waals surface area contributed by atoms with E-state index in [1.54, 1.807) is 0 Å². The number of hydrogen-bond acceptors (Lipinski definition) is 5. The highest BCUT2D eigenvalue weighted by Crippen LogP contribution is 2.52. The molecule has 1 saturated heterocycles. The van der Waals surface area contributed by atoms with Gasteiger partial charge in [-0.25, -0.2) is 0 Å². The average Bonchev–Trinajstić information content (AvgIpc) is 3.34. The number of para-hydroxylation sites is 1. The lowest BCUT2D eigenvalue weighted by Crippen LogP contribution is -2.56. The van der Waals surface area contributed by atoms with Crippen molar-refractivity contribution >= 4 is 10.9 Å². The van der Waals surface area contributed by atoms with Crippen molar-refractivity contribution in [2.24, 2.45) is 23.7 Å². The van der Waals surface area contributed by atoms with Crippen molar-refractivity contribution in [1.82, 2.24) is 4.57 Å². The van der Waals surface area contributed by atoms with Crippen LogP contribution in [0.2, 0.25) is 0 Å². The van der Waals surface area contributed by atoms with Gasteiger partial charge in [-0.15, -0.1) is 0 Å². The summed E-state index contributed by atoms with van der Waals surface area (Å²) in [5, 5.41) is 42.9. The third-order valence-electron chi connectivity index (χ3n) is 9.86. The summed E-state index contributed by atoms with van der Waals surface area (Å²) in [6.45, 7) is 8.79. The van der Waals surface area contributed by atoms with E-state index in [1.165, 1.54) is 29.5 Å². The second-order valence-electron chi connectivity index (χ2n) is 12.0. The summed E-state index contributed by atoms with van der Waals surface area (Å²) >= 11 is 0. The highest BCUT2D eigenvalue weighted by Gasteiger charge is 2.46. The molecular weight excluding hydrogens is 490 g/mol. The van der Waals surface area contributed by atoms with Crippen LogP contribution in [0.4, 0.5) is 0 Å². The maximum atomic E-state index is 11.0. The van der Waals surface area contributed by atoms with E-state index in [0.717, 1.165) is 23.7 Å². The second-order valence-corrected chi connectivity index (χ2v) is 12.0. The molecule has 1 aromatic heterocycles. The van der Waals surface area contributed by atoms with Crippen LogP contribution in [0.25, 0.3) is 10.9 Å². The smallest absolute Gasteiger partial charge is 0.163 e. The summed E-state index contributed by atoms with van der Waals surface area (Å²) in [6, 6.07) is 17.2. The fourth-order valence-corrected chi connectivity index (χ4v) is 7.11. The zero-order chi connectivity index (χ0) is 27.8. The Morgan fingerprint density at radius 1 is 0.949 bits per heavy atom. The molecule has 6 nitrogen and oxygen atoms in total. The summed E-state index contributed by atoms with van der Waals surface area (Å²) in [5.74, 6) is 2.42. The van der Waals surface area contributed by atoms with E-state index >= 15 is 0 Å². The zero-order valence-electron chi connectivity index (χ0n) is 23.6. The molecule has 10 atom stereocenters. The molecule has 4 N–H and O–H groups in total. The number of benzene rings is 2. The Balaban J connectivity index is 1.69. The lowest BCUT2D eigenvalue weighted by Gasteiger charge is -2.46. The van der Waals surface area contributed by atoms with Crippen LogP contribution in [0.3, 0.4) is 0 Å². The van der Waals surface area contributed by atoms with Crippen LogP contribution in [0.15, 0.2) is 54.7 Å². The number of aryl methyl sites for hydroxylation is 1. The number of rotatable bonds is 9. The van der Waals surface area contributed by atoms with Gasteiger partial charge in [-0.05, 0) is 59.3 Å². The summed E-state index contributed by atoms with van der Waals surface area (Å²) in [4.78, 5) is 0. The first kappa shape index (κ1) is 28.3. The largest absolute Gasteiger partial charge is 0.394 e. The summed E-state index contributed by atoms with van der Waals surface area (Å²) in [5.41, 5.74) is 4.71. The van der Waals surface area contributed by atoms with E-state index in [0.29, 0.717) is 23.7 Å². The van der Waals surface area contributed by atoms with Crippen LogP contribution in [0, 0.1) is 23.7 Å². The molecule has 0 spiro atoms. The van der Waals surface area contributed by atoms with Crippen LogP contribution < -0.4 is 0 Å². The molecule has 0 bridgehead atoms. The number of fused-ring (bicyclic) bond motifs is 1. The van der Waals surface area contributed by atoms with Gasteiger partial charge < -0.3 is 29.7 Å². The molecule has 10 unspecified atom stereocenters. The Hall–Kier alpha value is -2.22. The average molecular weight is 536 g/mol. The predicted octanol–water partition coefficient (Wildman–Crippen LogP) is 5.02. The molecule has 212 valence electrons. The van der Waals surface area contributed by atoms with Gasteiger partial charge in [-0.3, -0.25) is 0 Å². The van der Waals surface area contributed by atoms with E-state index in [4.69, 9.17) is 4.74 Å². The number of aliphatic hydroxyl groups excluding tert-OH is 4. The number of aromatic nitrogens is 1. The van der Waals surface area contributed by atoms with Gasteiger partial charge in [-0.2, -0.15) is 0 Å². The van der Waals surface area contributed by atoms with Gasteiger partial charge in [0.15, 0.2) is 6.23 Å². The first-order valence-electron chi connectivity index (χ1n) is 14.8.